The molecular formula is C12H17NO4. The van der Waals surface area contributed by atoms with Crippen LogP contribution in [0.1, 0.15) is 19.3 Å². The normalized spacial score (nSPS) is 26.4. The molecule has 1 atom stereocenters. The van der Waals surface area contributed by atoms with Crippen molar-refractivity contribution in [2.45, 2.75) is 19.3 Å². The molecule has 1 amide bonds. The highest BCUT2D eigenvalue weighted by molar-refractivity contribution is 5.94. The fourth-order valence-electron chi connectivity index (χ4n) is 2.90. The predicted octanol–water partition coefficient (Wildman–Crippen LogP) is 0.248. The number of rotatable bonds is 3. The Labute approximate surface area is 99.7 Å². The molecule has 0 aromatic carbocycles. The van der Waals surface area contributed by atoms with E-state index < -0.39 is 5.97 Å². The second-order valence-corrected chi connectivity index (χ2v) is 4.99. The molecule has 5 heteroatoms. The summed E-state index contributed by atoms with van der Waals surface area (Å²) in [5.41, 5.74) is 0.0987. The van der Waals surface area contributed by atoms with Crippen molar-refractivity contribution in [3.05, 3.63) is 12.2 Å². The summed E-state index contributed by atoms with van der Waals surface area (Å²) in [5.74, 6) is -1.23. The van der Waals surface area contributed by atoms with Crippen molar-refractivity contribution >= 4 is 11.9 Å². The van der Waals surface area contributed by atoms with Crippen LogP contribution in [0.3, 0.4) is 0 Å². The molecule has 1 aliphatic carbocycles. The van der Waals surface area contributed by atoms with Crippen LogP contribution in [0.4, 0.5) is 0 Å². The Hall–Kier alpha value is -1.36. The van der Waals surface area contributed by atoms with E-state index in [4.69, 9.17) is 5.11 Å². The van der Waals surface area contributed by atoms with Gasteiger partial charge >= 0.3 is 5.97 Å². The smallest absolute Gasteiger partial charge is 0.328 e. The van der Waals surface area contributed by atoms with Crippen molar-refractivity contribution in [1.29, 1.82) is 0 Å². The molecule has 5 nitrogen and oxygen atoms in total. The van der Waals surface area contributed by atoms with Gasteiger partial charge in [-0.05, 0) is 18.3 Å². The van der Waals surface area contributed by atoms with Gasteiger partial charge in [0.25, 0.3) is 0 Å². The molecule has 0 aromatic heterocycles. The highest BCUT2D eigenvalue weighted by atomic mass is 16.4. The maximum Gasteiger partial charge on any atom is 0.328 e. The largest absolute Gasteiger partial charge is 0.478 e. The fraction of sp³-hybridized carbons (Fsp3) is 0.667. The molecular weight excluding hydrogens is 222 g/mol. The van der Waals surface area contributed by atoms with Gasteiger partial charge in [0.2, 0.25) is 5.91 Å². The molecule has 1 saturated carbocycles. The zero-order valence-electron chi connectivity index (χ0n) is 9.63. The van der Waals surface area contributed by atoms with Crippen LogP contribution in [0.2, 0.25) is 0 Å². The zero-order valence-corrected chi connectivity index (χ0v) is 9.63. The van der Waals surface area contributed by atoms with Gasteiger partial charge in [-0.15, -0.1) is 0 Å². The van der Waals surface area contributed by atoms with Gasteiger partial charge in [-0.2, -0.15) is 0 Å². The molecule has 17 heavy (non-hydrogen) atoms. The van der Waals surface area contributed by atoms with Gasteiger partial charge in [0, 0.05) is 37.8 Å². The molecule has 1 saturated heterocycles. The van der Waals surface area contributed by atoms with Crippen LogP contribution in [0.25, 0.3) is 0 Å². The van der Waals surface area contributed by atoms with E-state index >= 15 is 0 Å². The first-order chi connectivity index (χ1) is 8.07. The molecule has 0 unspecified atom stereocenters. The van der Waals surface area contributed by atoms with E-state index in [9.17, 15) is 14.7 Å². The number of nitrogens with zero attached hydrogens (tertiary/aromatic N) is 1. The minimum atomic E-state index is -1.12. The summed E-state index contributed by atoms with van der Waals surface area (Å²) in [7, 11) is 0. The van der Waals surface area contributed by atoms with E-state index in [1.54, 1.807) is 4.90 Å². The number of hydrogen-bond acceptors (Lipinski definition) is 3. The maximum atomic E-state index is 11.7. The number of aliphatic hydroxyl groups is 1. The van der Waals surface area contributed by atoms with Crippen molar-refractivity contribution in [3.63, 3.8) is 0 Å². The van der Waals surface area contributed by atoms with Crippen molar-refractivity contribution in [2.75, 3.05) is 19.7 Å². The highest BCUT2D eigenvalue weighted by Crippen LogP contribution is 2.51. The zero-order chi connectivity index (χ0) is 12.5. The Morgan fingerprint density at radius 2 is 2.06 bits per heavy atom. The second kappa shape index (κ2) is 4.49. The summed E-state index contributed by atoms with van der Waals surface area (Å²) < 4.78 is 0. The van der Waals surface area contributed by atoms with E-state index in [1.807, 2.05) is 0 Å². The minimum absolute atomic E-state index is 0.0987. The number of aliphatic hydroxyl groups excluding tert-OH is 1. The van der Waals surface area contributed by atoms with Gasteiger partial charge in [-0.3, -0.25) is 4.79 Å². The molecule has 0 bridgehead atoms. The first kappa shape index (κ1) is 12.1. The third-order valence-electron chi connectivity index (χ3n) is 4.06. The molecule has 2 N–H and O–H groups in total. The van der Waals surface area contributed by atoms with Gasteiger partial charge in [0.15, 0.2) is 0 Å². The molecule has 94 valence electrons. The van der Waals surface area contributed by atoms with Crippen molar-refractivity contribution in [3.8, 4) is 0 Å². The van der Waals surface area contributed by atoms with Crippen LogP contribution >= 0.6 is 0 Å². The summed E-state index contributed by atoms with van der Waals surface area (Å²) >= 11 is 0. The fourth-order valence-corrected chi connectivity index (χ4v) is 2.90. The number of carbonyl (C=O) groups excluding carboxylic acids is 1. The first-order valence-electron chi connectivity index (χ1n) is 5.88. The lowest BCUT2D eigenvalue weighted by Crippen LogP contribution is -2.39. The quantitative estimate of drug-likeness (QED) is 0.692. The van der Waals surface area contributed by atoms with Crippen molar-refractivity contribution in [1.82, 2.24) is 4.90 Å². The van der Waals surface area contributed by atoms with E-state index in [0.717, 1.165) is 31.4 Å². The average molecular weight is 239 g/mol. The maximum absolute atomic E-state index is 11.7. The summed E-state index contributed by atoms with van der Waals surface area (Å²) in [4.78, 5) is 23.7. The van der Waals surface area contributed by atoms with Crippen LogP contribution in [0.15, 0.2) is 12.2 Å². The van der Waals surface area contributed by atoms with E-state index in [-0.39, 0.29) is 23.8 Å². The third kappa shape index (κ3) is 2.20. The molecule has 1 heterocycles. The SMILES string of the molecule is O=C(O)/C=C/C(=O)N1C[C@H](CO)C2(CCC2)C1. The Bertz CT molecular complexity index is 360. The third-order valence-corrected chi connectivity index (χ3v) is 4.06. The average Bonchev–Trinajstić information content (AvgIpc) is 2.64. The van der Waals surface area contributed by atoms with E-state index in [2.05, 4.69) is 0 Å². The molecule has 0 radical (unpaired) electrons. The predicted molar refractivity (Wildman–Crippen MR) is 60.2 cm³/mol. The minimum Gasteiger partial charge on any atom is -0.478 e. The summed E-state index contributed by atoms with van der Waals surface area (Å²) in [6.45, 7) is 1.30. The standard InChI is InChI=1S/C12H17NO4/c14-7-9-6-13(8-12(9)4-1-5-12)10(15)2-3-11(16)17/h2-3,9,14H,1,4-8H2,(H,16,17)/b3-2+/t9-/m1/s1. The van der Waals surface area contributed by atoms with Crippen LogP contribution in [-0.4, -0.2) is 46.7 Å². The number of carboxylic acids is 1. The van der Waals surface area contributed by atoms with Gasteiger partial charge in [0.05, 0.1) is 0 Å². The van der Waals surface area contributed by atoms with Crippen LogP contribution < -0.4 is 0 Å². The second-order valence-electron chi connectivity index (χ2n) is 4.99. The molecule has 2 aliphatic rings. The Morgan fingerprint density at radius 3 is 2.47 bits per heavy atom. The Balaban J connectivity index is 2.00. The number of aliphatic carboxylic acids is 1. The topological polar surface area (TPSA) is 77.8 Å². The van der Waals surface area contributed by atoms with E-state index in [0.29, 0.717) is 13.1 Å². The molecule has 1 spiro atoms. The number of hydrogen-bond donors (Lipinski definition) is 2. The van der Waals surface area contributed by atoms with E-state index in [1.165, 1.54) is 0 Å². The lowest BCUT2D eigenvalue weighted by molar-refractivity contribution is -0.132. The highest BCUT2D eigenvalue weighted by Gasteiger charge is 2.50. The molecule has 2 rings (SSSR count). The van der Waals surface area contributed by atoms with Crippen molar-refractivity contribution < 1.29 is 19.8 Å². The number of carboxylic acid groups (broad SMARTS) is 1. The van der Waals surface area contributed by atoms with Gasteiger partial charge in [-0.25, -0.2) is 4.79 Å². The van der Waals surface area contributed by atoms with Crippen LogP contribution in [0.5, 0.6) is 0 Å². The van der Waals surface area contributed by atoms with Gasteiger partial charge in [-0.1, -0.05) is 6.42 Å². The van der Waals surface area contributed by atoms with Crippen LogP contribution in [0, 0.1) is 11.3 Å². The monoisotopic (exact) mass is 239 g/mol. The lowest BCUT2D eigenvalue weighted by Gasteiger charge is -2.42. The lowest BCUT2D eigenvalue weighted by atomic mass is 9.63. The van der Waals surface area contributed by atoms with Gasteiger partial charge < -0.3 is 15.1 Å². The van der Waals surface area contributed by atoms with Crippen molar-refractivity contribution in [2.24, 2.45) is 11.3 Å². The number of likely N-dealkylation sites (tertiary alicyclic amines) is 1. The summed E-state index contributed by atoms with van der Waals surface area (Å²) in [6, 6.07) is 0. The summed E-state index contributed by atoms with van der Waals surface area (Å²) in [6.07, 6.45) is 5.23. The molecule has 1 aliphatic heterocycles. The molecule has 0 aromatic rings. The summed E-state index contributed by atoms with van der Waals surface area (Å²) in [5, 5.41) is 17.8. The Morgan fingerprint density at radius 1 is 1.35 bits per heavy atom. The number of amides is 1. The number of carbonyl (C=O) groups is 2. The first-order valence-corrected chi connectivity index (χ1v) is 5.88. The van der Waals surface area contributed by atoms with Crippen LogP contribution in [-0.2, 0) is 9.59 Å². The van der Waals surface area contributed by atoms with Gasteiger partial charge in [0.1, 0.15) is 0 Å². The Kier molecular flexibility index (Phi) is 3.19. The molecule has 2 fully saturated rings.